The van der Waals surface area contributed by atoms with Crippen LogP contribution in [0.1, 0.15) is 46.0 Å². The molecule has 0 saturated heterocycles. The maximum atomic E-state index is 13.3. The standard InChI is InChI=1S/C23H28N4O2/c1-5-21(28)24-17(4)23-25-19-13-9-10-14-20(19)26(23)15-22(29)27(16(2)3)18-11-7-6-8-12-18/h6-14,16-17H,5,15H2,1-4H3,(H,24,28). The lowest BCUT2D eigenvalue weighted by Crippen LogP contribution is -2.40. The molecule has 0 aliphatic heterocycles. The van der Waals surface area contributed by atoms with E-state index in [0.717, 1.165) is 16.7 Å². The van der Waals surface area contributed by atoms with Gasteiger partial charge in [0, 0.05) is 18.2 Å². The summed E-state index contributed by atoms with van der Waals surface area (Å²) in [6, 6.07) is 17.1. The molecular formula is C23H28N4O2. The first-order valence-corrected chi connectivity index (χ1v) is 10.0. The fraction of sp³-hybridized carbons (Fsp3) is 0.348. The molecule has 0 radical (unpaired) electrons. The molecule has 0 aliphatic carbocycles. The first-order chi connectivity index (χ1) is 13.9. The third kappa shape index (κ3) is 4.47. The Labute approximate surface area is 171 Å². The molecule has 1 unspecified atom stereocenters. The molecule has 0 fully saturated rings. The average molecular weight is 393 g/mol. The summed E-state index contributed by atoms with van der Waals surface area (Å²) in [7, 11) is 0. The molecule has 29 heavy (non-hydrogen) atoms. The molecule has 0 aliphatic rings. The number of nitrogens with one attached hydrogen (secondary N) is 1. The number of carbonyl (C=O) groups is 2. The molecule has 6 heteroatoms. The Kier molecular flexibility index (Phi) is 6.32. The van der Waals surface area contributed by atoms with Crippen LogP contribution >= 0.6 is 0 Å². The van der Waals surface area contributed by atoms with Gasteiger partial charge in [0.05, 0.1) is 17.1 Å². The van der Waals surface area contributed by atoms with E-state index in [4.69, 9.17) is 4.98 Å². The van der Waals surface area contributed by atoms with Gasteiger partial charge in [0.1, 0.15) is 12.4 Å². The molecule has 3 aromatic rings. The minimum atomic E-state index is -0.299. The van der Waals surface area contributed by atoms with Crippen molar-refractivity contribution < 1.29 is 9.59 Å². The lowest BCUT2D eigenvalue weighted by Gasteiger charge is -2.28. The van der Waals surface area contributed by atoms with Crippen molar-refractivity contribution >= 4 is 28.5 Å². The highest BCUT2D eigenvalue weighted by Crippen LogP contribution is 2.23. The Morgan fingerprint density at radius 2 is 1.69 bits per heavy atom. The van der Waals surface area contributed by atoms with Crippen LogP contribution < -0.4 is 10.2 Å². The number of imidazole rings is 1. The van der Waals surface area contributed by atoms with Gasteiger partial charge in [-0.3, -0.25) is 9.59 Å². The van der Waals surface area contributed by atoms with Crippen molar-refractivity contribution in [1.29, 1.82) is 0 Å². The zero-order valence-electron chi connectivity index (χ0n) is 17.4. The van der Waals surface area contributed by atoms with E-state index >= 15 is 0 Å². The molecule has 152 valence electrons. The van der Waals surface area contributed by atoms with Gasteiger partial charge in [-0.05, 0) is 45.0 Å². The highest BCUT2D eigenvalue weighted by atomic mass is 16.2. The Morgan fingerprint density at radius 3 is 2.34 bits per heavy atom. The van der Waals surface area contributed by atoms with Crippen molar-refractivity contribution in [3.05, 3.63) is 60.4 Å². The second kappa shape index (κ2) is 8.90. The highest BCUT2D eigenvalue weighted by Gasteiger charge is 2.24. The Hall–Kier alpha value is -3.15. The van der Waals surface area contributed by atoms with Crippen molar-refractivity contribution in [2.24, 2.45) is 0 Å². The largest absolute Gasteiger partial charge is 0.346 e. The molecule has 2 aromatic carbocycles. The summed E-state index contributed by atoms with van der Waals surface area (Å²) in [6.45, 7) is 7.86. The van der Waals surface area contributed by atoms with Gasteiger partial charge in [-0.25, -0.2) is 4.98 Å². The number of aromatic nitrogens is 2. The number of rotatable bonds is 7. The molecule has 1 atom stereocenters. The van der Waals surface area contributed by atoms with Gasteiger partial charge < -0.3 is 14.8 Å². The van der Waals surface area contributed by atoms with Crippen LogP contribution in [-0.4, -0.2) is 27.4 Å². The van der Waals surface area contributed by atoms with Crippen LogP contribution in [-0.2, 0) is 16.1 Å². The number of carbonyl (C=O) groups excluding carboxylic acids is 2. The van der Waals surface area contributed by atoms with Gasteiger partial charge in [-0.2, -0.15) is 0 Å². The molecular weight excluding hydrogens is 364 g/mol. The van der Waals surface area contributed by atoms with E-state index in [0.29, 0.717) is 12.2 Å². The molecule has 1 heterocycles. The third-order valence-electron chi connectivity index (χ3n) is 4.88. The van der Waals surface area contributed by atoms with E-state index in [1.807, 2.05) is 86.9 Å². The zero-order chi connectivity index (χ0) is 21.0. The number of anilines is 1. The second-order valence-electron chi connectivity index (χ2n) is 7.38. The molecule has 1 aromatic heterocycles. The predicted octanol–water partition coefficient (Wildman–Crippen LogP) is 4.07. The monoisotopic (exact) mass is 392 g/mol. The van der Waals surface area contributed by atoms with E-state index in [9.17, 15) is 9.59 Å². The fourth-order valence-corrected chi connectivity index (χ4v) is 3.53. The van der Waals surface area contributed by atoms with E-state index in [1.165, 1.54) is 0 Å². The normalized spacial score (nSPS) is 12.2. The summed E-state index contributed by atoms with van der Waals surface area (Å²) in [4.78, 5) is 31.7. The van der Waals surface area contributed by atoms with Gasteiger partial charge >= 0.3 is 0 Å². The van der Waals surface area contributed by atoms with Crippen LogP contribution in [0.3, 0.4) is 0 Å². The average Bonchev–Trinajstić information content (AvgIpc) is 3.07. The second-order valence-corrected chi connectivity index (χ2v) is 7.38. The van der Waals surface area contributed by atoms with Crippen molar-refractivity contribution in [1.82, 2.24) is 14.9 Å². The summed E-state index contributed by atoms with van der Waals surface area (Å²) in [5, 5.41) is 2.96. The minimum Gasteiger partial charge on any atom is -0.346 e. The molecule has 0 spiro atoms. The predicted molar refractivity (Wildman–Crippen MR) is 116 cm³/mol. The molecule has 6 nitrogen and oxygen atoms in total. The molecule has 0 saturated carbocycles. The van der Waals surface area contributed by atoms with Gasteiger partial charge in [0.25, 0.3) is 0 Å². The van der Waals surface area contributed by atoms with Crippen molar-refractivity contribution in [2.45, 2.75) is 52.7 Å². The highest BCUT2D eigenvalue weighted by molar-refractivity contribution is 5.94. The number of benzene rings is 2. The van der Waals surface area contributed by atoms with Gasteiger partial charge in [-0.1, -0.05) is 37.3 Å². The number of amides is 2. The van der Waals surface area contributed by atoms with Crippen molar-refractivity contribution in [3.63, 3.8) is 0 Å². The van der Waals surface area contributed by atoms with E-state index in [-0.39, 0.29) is 30.4 Å². The lowest BCUT2D eigenvalue weighted by molar-refractivity contribution is -0.121. The smallest absolute Gasteiger partial charge is 0.247 e. The van der Waals surface area contributed by atoms with E-state index in [1.54, 1.807) is 4.90 Å². The van der Waals surface area contributed by atoms with Crippen LogP contribution in [0, 0.1) is 0 Å². The SMILES string of the molecule is CCC(=O)NC(C)c1nc2ccccc2n1CC(=O)N(c1ccccc1)C(C)C. The summed E-state index contributed by atoms with van der Waals surface area (Å²) in [5.41, 5.74) is 2.56. The van der Waals surface area contributed by atoms with Crippen LogP contribution in [0.4, 0.5) is 5.69 Å². The maximum absolute atomic E-state index is 13.3. The third-order valence-corrected chi connectivity index (χ3v) is 4.88. The number of hydrogen-bond acceptors (Lipinski definition) is 3. The lowest BCUT2D eigenvalue weighted by atomic mass is 10.2. The van der Waals surface area contributed by atoms with Gasteiger partial charge in [0.2, 0.25) is 11.8 Å². The molecule has 3 rings (SSSR count). The van der Waals surface area contributed by atoms with Crippen molar-refractivity contribution in [2.75, 3.05) is 4.90 Å². The van der Waals surface area contributed by atoms with Crippen LogP contribution in [0.5, 0.6) is 0 Å². The number of para-hydroxylation sites is 3. The fourth-order valence-electron chi connectivity index (χ4n) is 3.53. The van der Waals surface area contributed by atoms with Crippen LogP contribution in [0.25, 0.3) is 11.0 Å². The van der Waals surface area contributed by atoms with Crippen LogP contribution in [0.2, 0.25) is 0 Å². The van der Waals surface area contributed by atoms with E-state index in [2.05, 4.69) is 5.32 Å². The molecule has 2 amide bonds. The quantitative estimate of drug-likeness (QED) is 0.659. The topological polar surface area (TPSA) is 67.2 Å². The molecule has 0 bridgehead atoms. The minimum absolute atomic E-state index is 0.0142. The van der Waals surface area contributed by atoms with Crippen molar-refractivity contribution in [3.8, 4) is 0 Å². The Balaban J connectivity index is 1.98. The van der Waals surface area contributed by atoms with Gasteiger partial charge in [-0.15, -0.1) is 0 Å². The van der Waals surface area contributed by atoms with E-state index < -0.39 is 0 Å². The van der Waals surface area contributed by atoms with Gasteiger partial charge in [0.15, 0.2) is 0 Å². The number of nitrogens with zero attached hydrogens (tertiary/aromatic N) is 3. The number of fused-ring (bicyclic) bond motifs is 1. The maximum Gasteiger partial charge on any atom is 0.247 e. The van der Waals surface area contributed by atoms with Crippen LogP contribution in [0.15, 0.2) is 54.6 Å². The summed E-state index contributed by atoms with van der Waals surface area (Å²) < 4.78 is 1.91. The first-order valence-electron chi connectivity index (χ1n) is 10.0. The Morgan fingerprint density at radius 1 is 1.03 bits per heavy atom. The summed E-state index contributed by atoms with van der Waals surface area (Å²) in [5.74, 6) is 0.610. The zero-order valence-corrected chi connectivity index (χ0v) is 17.4. The Bertz CT molecular complexity index is 995. The molecule has 1 N–H and O–H groups in total. The summed E-state index contributed by atoms with van der Waals surface area (Å²) >= 11 is 0. The first kappa shape index (κ1) is 20.6. The summed E-state index contributed by atoms with van der Waals surface area (Å²) in [6.07, 6.45) is 0.401. The number of hydrogen-bond donors (Lipinski definition) is 1.